The lowest BCUT2D eigenvalue weighted by Crippen LogP contribution is -2.68. The van der Waals surface area contributed by atoms with Crippen LogP contribution in [-0.4, -0.2) is 92.2 Å². The molecule has 0 spiro atoms. The molecule has 3 heterocycles. The summed E-state index contributed by atoms with van der Waals surface area (Å²) in [5, 5.41) is 43.2. The minimum atomic E-state index is -2.51. The molecule has 1 unspecified atom stereocenters. The summed E-state index contributed by atoms with van der Waals surface area (Å²) < 4.78 is 12.4. The SMILES string of the molecule is O=CC1CCN(C(=O)O[C@H]2[C@H](O)[C@@H](O)[C@@H](C(O)C=O)O[C@@]2(O)n2ccc(C3CCCCCC3)c2)CC1. The van der Waals surface area contributed by atoms with E-state index >= 15 is 0 Å². The molecule has 1 amide bonds. The van der Waals surface area contributed by atoms with Crippen molar-refractivity contribution in [3.63, 3.8) is 0 Å². The van der Waals surface area contributed by atoms with Crippen LogP contribution in [0.1, 0.15) is 62.8 Å². The Morgan fingerprint density at radius 2 is 1.75 bits per heavy atom. The highest BCUT2D eigenvalue weighted by atomic mass is 16.7. The van der Waals surface area contributed by atoms with Crippen LogP contribution in [0.5, 0.6) is 0 Å². The first kappa shape index (κ1) is 26.7. The highest BCUT2D eigenvalue weighted by molar-refractivity contribution is 5.68. The fraction of sp³-hybridized carbons (Fsp3) is 0.720. The second kappa shape index (κ2) is 11.4. The molecule has 200 valence electrons. The number of nitrogens with zero attached hydrogens (tertiary/aromatic N) is 2. The molecule has 2 aliphatic heterocycles. The Hall–Kier alpha value is -2.31. The predicted octanol–water partition coefficient (Wildman–Crippen LogP) is 0.625. The van der Waals surface area contributed by atoms with Crippen LogP contribution in [0.2, 0.25) is 0 Å². The van der Waals surface area contributed by atoms with Gasteiger partial charge >= 0.3 is 6.09 Å². The van der Waals surface area contributed by atoms with E-state index in [1.54, 1.807) is 6.20 Å². The van der Waals surface area contributed by atoms with E-state index in [-0.39, 0.29) is 31.2 Å². The van der Waals surface area contributed by atoms with E-state index < -0.39 is 42.5 Å². The third-order valence-electron chi connectivity index (χ3n) is 7.78. The van der Waals surface area contributed by atoms with Crippen LogP contribution in [0.4, 0.5) is 4.79 Å². The van der Waals surface area contributed by atoms with Gasteiger partial charge in [-0.1, -0.05) is 25.7 Å². The number of carbonyl (C=O) groups is 3. The number of aliphatic hydroxyl groups excluding tert-OH is 3. The Bertz CT molecular complexity index is 907. The zero-order valence-electron chi connectivity index (χ0n) is 20.2. The average Bonchev–Trinajstić information content (AvgIpc) is 3.25. The lowest BCUT2D eigenvalue weighted by Gasteiger charge is -2.48. The lowest BCUT2D eigenvalue weighted by atomic mass is 9.93. The quantitative estimate of drug-likeness (QED) is 0.319. The zero-order chi connectivity index (χ0) is 25.9. The second-order valence-electron chi connectivity index (χ2n) is 10.2. The van der Waals surface area contributed by atoms with Crippen molar-refractivity contribution in [1.29, 1.82) is 0 Å². The predicted molar refractivity (Wildman–Crippen MR) is 125 cm³/mol. The summed E-state index contributed by atoms with van der Waals surface area (Å²) in [6.07, 6.45) is 1.81. The van der Waals surface area contributed by atoms with Crippen LogP contribution in [0.3, 0.4) is 0 Å². The van der Waals surface area contributed by atoms with Crippen LogP contribution in [0, 0.1) is 5.92 Å². The molecule has 1 aromatic heterocycles. The molecule has 3 aliphatic rings. The van der Waals surface area contributed by atoms with Crippen LogP contribution in [0.25, 0.3) is 0 Å². The molecular weight excluding hydrogens is 472 g/mol. The monoisotopic (exact) mass is 508 g/mol. The molecule has 2 saturated heterocycles. The Labute approximate surface area is 209 Å². The summed E-state index contributed by atoms with van der Waals surface area (Å²) in [6.45, 7) is 0.517. The number of amides is 1. The number of aromatic nitrogens is 1. The van der Waals surface area contributed by atoms with E-state index in [2.05, 4.69) is 0 Å². The van der Waals surface area contributed by atoms with E-state index in [1.165, 1.54) is 28.5 Å². The summed E-state index contributed by atoms with van der Waals surface area (Å²) in [5.41, 5.74) is 0.947. The number of carbonyl (C=O) groups excluding carboxylic acids is 3. The van der Waals surface area contributed by atoms with Gasteiger partial charge in [-0.3, -0.25) is 4.57 Å². The summed E-state index contributed by atoms with van der Waals surface area (Å²) >= 11 is 0. The number of aliphatic hydroxyl groups is 4. The highest BCUT2D eigenvalue weighted by Crippen LogP contribution is 2.38. The summed E-state index contributed by atoms with van der Waals surface area (Å²) in [4.78, 5) is 36.6. The van der Waals surface area contributed by atoms with Crippen LogP contribution in [-0.2, 0) is 25.0 Å². The summed E-state index contributed by atoms with van der Waals surface area (Å²) in [5.74, 6) is -2.38. The third kappa shape index (κ3) is 5.35. The number of aldehydes is 2. The Balaban J connectivity index is 1.61. The largest absolute Gasteiger partial charge is 0.435 e. The third-order valence-corrected chi connectivity index (χ3v) is 7.78. The first-order valence-corrected chi connectivity index (χ1v) is 12.8. The number of rotatable bonds is 6. The Morgan fingerprint density at radius 3 is 2.36 bits per heavy atom. The molecule has 4 rings (SSSR count). The van der Waals surface area contributed by atoms with Crippen LogP contribution < -0.4 is 0 Å². The minimum absolute atomic E-state index is 0.136. The fourth-order valence-electron chi connectivity index (χ4n) is 5.50. The molecule has 1 aromatic rings. The maximum Gasteiger partial charge on any atom is 0.410 e. The van der Waals surface area contributed by atoms with Crippen molar-refractivity contribution < 1.29 is 44.3 Å². The van der Waals surface area contributed by atoms with Gasteiger partial charge < -0.3 is 44.4 Å². The van der Waals surface area contributed by atoms with Crippen molar-refractivity contribution in [3.8, 4) is 0 Å². The smallest absolute Gasteiger partial charge is 0.410 e. The van der Waals surface area contributed by atoms with Gasteiger partial charge in [0.1, 0.15) is 30.7 Å². The molecule has 0 aromatic carbocycles. The Morgan fingerprint density at radius 1 is 1.08 bits per heavy atom. The molecule has 36 heavy (non-hydrogen) atoms. The van der Waals surface area contributed by atoms with Gasteiger partial charge in [0, 0.05) is 31.4 Å². The number of piperidine rings is 1. The van der Waals surface area contributed by atoms with E-state index in [1.807, 2.05) is 6.07 Å². The Kier molecular flexibility index (Phi) is 8.46. The van der Waals surface area contributed by atoms with Gasteiger partial charge in [-0.15, -0.1) is 0 Å². The number of hydrogen-bond acceptors (Lipinski definition) is 9. The molecule has 11 heteroatoms. The van der Waals surface area contributed by atoms with Gasteiger partial charge in [0.2, 0.25) is 6.10 Å². The first-order valence-electron chi connectivity index (χ1n) is 12.8. The van der Waals surface area contributed by atoms with E-state index in [0.717, 1.165) is 37.5 Å². The number of hydrogen-bond donors (Lipinski definition) is 4. The summed E-state index contributed by atoms with van der Waals surface area (Å²) in [7, 11) is 0. The van der Waals surface area contributed by atoms with Gasteiger partial charge in [-0.25, -0.2) is 4.79 Å². The van der Waals surface area contributed by atoms with Gasteiger partial charge in [0.25, 0.3) is 5.91 Å². The van der Waals surface area contributed by atoms with Crippen LogP contribution >= 0.6 is 0 Å². The van der Waals surface area contributed by atoms with Crippen molar-refractivity contribution in [2.75, 3.05) is 13.1 Å². The van der Waals surface area contributed by atoms with Gasteiger partial charge in [-0.2, -0.15) is 0 Å². The second-order valence-corrected chi connectivity index (χ2v) is 10.2. The molecule has 1 saturated carbocycles. The molecule has 0 bridgehead atoms. The van der Waals surface area contributed by atoms with Crippen molar-refractivity contribution in [2.24, 2.45) is 5.92 Å². The van der Waals surface area contributed by atoms with Gasteiger partial charge in [0.15, 0.2) is 6.29 Å². The molecule has 4 N–H and O–H groups in total. The summed E-state index contributed by atoms with van der Waals surface area (Å²) in [6, 6.07) is 1.82. The highest BCUT2D eigenvalue weighted by Gasteiger charge is 2.58. The fourth-order valence-corrected chi connectivity index (χ4v) is 5.50. The van der Waals surface area contributed by atoms with Crippen molar-refractivity contribution in [2.45, 2.75) is 93.7 Å². The number of ether oxygens (including phenoxy) is 2. The van der Waals surface area contributed by atoms with Crippen LogP contribution in [0.15, 0.2) is 18.5 Å². The van der Waals surface area contributed by atoms with E-state index in [0.29, 0.717) is 12.8 Å². The van der Waals surface area contributed by atoms with E-state index in [4.69, 9.17) is 9.47 Å². The molecule has 1 aliphatic carbocycles. The average molecular weight is 509 g/mol. The topological polar surface area (TPSA) is 159 Å². The zero-order valence-corrected chi connectivity index (χ0v) is 20.2. The lowest BCUT2D eigenvalue weighted by molar-refractivity contribution is -0.393. The standard InChI is InChI=1S/C25H36N2O9/c28-14-16-7-10-26(11-8-16)24(33)35-23-21(32)20(31)22(19(30)15-29)36-25(23,34)27-12-9-18(13-27)17-5-3-1-2-4-6-17/h9,12-17,19-23,30-32,34H,1-8,10-11H2/t19?,20-,21-,22-,23+,25-/m1/s1. The van der Waals surface area contributed by atoms with E-state index in [9.17, 15) is 34.8 Å². The molecule has 0 radical (unpaired) electrons. The molecule has 6 atom stereocenters. The maximum absolute atomic E-state index is 12.9. The van der Waals surface area contributed by atoms with Gasteiger partial charge in [0.05, 0.1) is 0 Å². The normalized spacial score (nSPS) is 33.5. The number of likely N-dealkylation sites (tertiary alicyclic amines) is 1. The molecule has 11 nitrogen and oxygen atoms in total. The van der Waals surface area contributed by atoms with Gasteiger partial charge in [-0.05, 0) is 43.2 Å². The maximum atomic E-state index is 12.9. The minimum Gasteiger partial charge on any atom is -0.435 e. The van der Waals surface area contributed by atoms with Crippen molar-refractivity contribution in [3.05, 3.63) is 24.0 Å². The first-order chi connectivity index (χ1) is 17.3. The van der Waals surface area contributed by atoms with Crippen molar-refractivity contribution in [1.82, 2.24) is 9.47 Å². The molecular formula is C25H36N2O9. The molecule has 3 fully saturated rings. The van der Waals surface area contributed by atoms with Crippen molar-refractivity contribution >= 4 is 18.7 Å².